The van der Waals surface area contributed by atoms with E-state index in [-0.39, 0.29) is 6.42 Å². The average molecular weight is 252 g/mol. The molecule has 1 aromatic carbocycles. The molecular weight excluding hydrogens is 242 g/mol. The van der Waals surface area contributed by atoms with E-state index in [0.717, 1.165) is 16.5 Å². The van der Waals surface area contributed by atoms with E-state index >= 15 is 0 Å². The summed E-state index contributed by atoms with van der Waals surface area (Å²) in [5.41, 5.74) is 7.03. The van der Waals surface area contributed by atoms with Crippen molar-refractivity contribution in [3.05, 3.63) is 35.4 Å². The van der Waals surface area contributed by atoms with Crippen LogP contribution in [-0.4, -0.2) is 5.91 Å². The van der Waals surface area contributed by atoms with Crippen molar-refractivity contribution in [1.29, 1.82) is 0 Å². The molecule has 0 radical (unpaired) electrons. The van der Waals surface area contributed by atoms with Gasteiger partial charge in [-0.1, -0.05) is 46.0 Å². The van der Waals surface area contributed by atoms with Crippen LogP contribution in [0.5, 0.6) is 0 Å². The zero-order valence-electron chi connectivity index (χ0n) is 7.59. The standard InChI is InChI=1S/C11H10BrNO/c12-8-10-5-2-1-4-9(10)6-3-7-11(13)14/h1-2,4-5H,7-8H2,(H2,13,14). The van der Waals surface area contributed by atoms with Crippen molar-refractivity contribution in [3.63, 3.8) is 0 Å². The molecule has 0 bridgehead atoms. The first-order chi connectivity index (χ1) is 6.74. The van der Waals surface area contributed by atoms with Gasteiger partial charge in [0.1, 0.15) is 0 Å². The molecule has 14 heavy (non-hydrogen) atoms. The smallest absolute Gasteiger partial charge is 0.229 e. The van der Waals surface area contributed by atoms with Crippen LogP contribution < -0.4 is 5.73 Å². The molecular formula is C11H10BrNO. The Morgan fingerprint density at radius 3 is 2.79 bits per heavy atom. The average Bonchev–Trinajstić information content (AvgIpc) is 2.18. The second-order valence-corrected chi connectivity index (χ2v) is 3.30. The van der Waals surface area contributed by atoms with E-state index in [4.69, 9.17) is 5.73 Å². The Bertz CT molecular complexity index is 390. The molecule has 0 aliphatic carbocycles. The second kappa shape index (κ2) is 5.46. The maximum atomic E-state index is 10.5. The van der Waals surface area contributed by atoms with Crippen molar-refractivity contribution in [3.8, 4) is 11.8 Å². The lowest BCUT2D eigenvalue weighted by molar-refractivity contribution is -0.117. The van der Waals surface area contributed by atoms with Gasteiger partial charge in [-0.25, -0.2) is 0 Å². The van der Waals surface area contributed by atoms with Gasteiger partial charge in [0, 0.05) is 10.9 Å². The minimum absolute atomic E-state index is 0.108. The Kier molecular flexibility index (Phi) is 4.21. The van der Waals surface area contributed by atoms with Crippen molar-refractivity contribution >= 4 is 21.8 Å². The summed E-state index contributed by atoms with van der Waals surface area (Å²) in [6.07, 6.45) is 0.108. The third-order valence-corrected chi connectivity index (χ3v) is 2.25. The molecule has 0 saturated carbocycles. The molecule has 2 N–H and O–H groups in total. The summed E-state index contributed by atoms with van der Waals surface area (Å²) >= 11 is 3.37. The second-order valence-electron chi connectivity index (χ2n) is 2.74. The Hall–Kier alpha value is -1.27. The van der Waals surface area contributed by atoms with Gasteiger partial charge in [-0.3, -0.25) is 4.79 Å². The van der Waals surface area contributed by atoms with Gasteiger partial charge in [-0.05, 0) is 11.6 Å². The number of amides is 1. The highest BCUT2D eigenvalue weighted by molar-refractivity contribution is 9.08. The largest absolute Gasteiger partial charge is 0.369 e. The minimum atomic E-state index is -0.395. The quantitative estimate of drug-likeness (QED) is 0.633. The Labute approximate surface area is 91.6 Å². The Balaban J connectivity index is 2.83. The third kappa shape index (κ3) is 3.23. The summed E-state index contributed by atoms with van der Waals surface area (Å²) < 4.78 is 0. The lowest BCUT2D eigenvalue weighted by Crippen LogP contribution is -2.08. The molecule has 0 heterocycles. The summed E-state index contributed by atoms with van der Waals surface area (Å²) in [5, 5.41) is 0.758. The van der Waals surface area contributed by atoms with Gasteiger partial charge in [-0.15, -0.1) is 0 Å². The molecule has 0 spiro atoms. The normalized spacial score (nSPS) is 8.93. The fourth-order valence-corrected chi connectivity index (χ4v) is 1.47. The first kappa shape index (κ1) is 10.8. The zero-order valence-corrected chi connectivity index (χ0v) is 9.17. The third-order valence-electron chi connectivity index (χ3n) is 1.65. The van der Waals surface area contributed by atoms with Crippen LogP contribution >= 0.6 is 15.9 Å². The van der Waals surface area contributed by atoms with Crippen molar-refractivity contribution in [2.24, 2.45) is 5.73 Å². The molecule has 0 unspecified atom stereocenters. The number of hydrogen-bond donors (Lipinski definition) is 1. The molecule has 1 aromatic rings. The predicted octanol–water partition coefficient (Wildman–Crippen LogP) is 1.81. The van der Waals surface area contributed by atoms with Crippen molar-refractivity contribution in [1.82, 2.24) is 0 Å². The molecule has 1 rings (SSSR count). The maximum Gasteiger partial charge on any atom is 0.229 e. The van der Waals surface area contributed by atoms with Gasteiger partial charge >= 0.3 is 0 Å². The van der Waals surface area contributed by atoms with E-state index in [2.05, 4.69) is 27.8 Å². The van der Waals surface area contributed by atoms with Crippen LogP contribution in [0.4, 0.5) is 0 Å². The number of carbonyl (C=O) groups is 1. The van der Waals surface area contributed by atoms with Gasteiger partial charge in [0.15, 0.2) is 0 Å². The van der Waals surface area contributed by atoms with E-state index in [1.807, 2.05) is 24.3 Å². The molecule has 1 amide bonds. The number of benzene rings is 1. The highest BCUT2D eigenvalue weighted by atomic mass is 79.9. The Morgan fingerprint density at radius 1 is 1.43 bits per heavy atom. The van der Waals surface area contributed by atoms with Crippen LogP contribution in [-0.2, 0) is 10.1 Å². The summed E-state index contributed by atoms with van der Waals surface area (Å²) in [4.78, 5) is 10.5. The summed E-state index contributed by atoms with van der Waals surface area (Å²) in [6, 6.07) is 7.78. The van der Waals surface area contributed by atoms with E-state index in [1.54, 1.807) is 0 Å². The van der Waals surface area contributed by atoms with Crippen LogP contribution in [0.15, 0.2) is 24.3 Å². The van der Waals surface area contributed by atoms with Crippen molar-refractivity contribution in [2.45, 2.75) is 11.8 Å². The molecule has 0 aliphatic rings. The van der Waals surface area contributed by atoms with E-state index < -0.39 is 5.91 Å². The fraction of sp³-hybridized carbons (Fsp3) is 0.182. The molecule has 0 aromatic heterocycles. The fourth-order valence-electron chi connectivity index (χ4n) is 0.985. The summed E-state index contributed by atoms with van der Waals surface area (Å²) in [5.74, 6) is 5.25. The minimum Gasteiger partial charge on any atom is -0.369 e. The van der Waals surface area contributed by atoms with Crippen LogP contribution in [0.3, 0.4) is 0 Å². The number of primary amides is 1. The molecule has 0 saturated heterocycles. The van der Waals surface area contributed by atoms with Gasteiger partial charge in [0.2, 0.25) is 5.91 Å². The van der Waals surface area contributed by atoms with Crippen LogP contribution in [0.2, 0.25) is 0 Å². The van der Waals surface area contributed by atoms with Crippen molar-refractivity contribution < 1.29 is 4.79 Å². The van der Waals surface area contributed by atoms with Gasteiger partial charge in [-0.2, -0.15) is 0 Å². The number of rotatable bonds is 2. The Morgan fingerprint density at radius 2 is 2.14 bits per heavy atom. The highest BCUT2D eigenvalue weighted by Crippen LogP contribution is 2.10. The van der Waals surface area contributed by atoms with E-state index in [1.165, 1.54) is 0 Å². The first-order valence-corrected chi connectivity index (χ1v) is 5.27. The summed E-state index contributed by atoms with van der Waals surface area (Å²) in [6.45, 7) is 0. The van der Waals surface area contributed by atoms with Crippen molar-refractivity contribution in [2.75, 3.05) is 0 Å². The molecule has 0 fully saturated rings. The molecule has 2 nitrogen and oxygen atoms in total. The lowest BCUT2D eigenvalue weighted by atomic mass is 10.1. The number of nitrogens with two attached hydrogens (primary N) is 1. The van der Waals surface area contributed by atoms with Gasteiger partial charge in [0.25, 0.3) is 0 Å². The zero-order chi connectivity index (χ0) is 10.4. The van der Waals surface area contributed by atoms with Crippen LogP contribution in [0, 0.1) is 11.8 Å². The monoisotopic (exact) mass is 251 g/mol. The molecule has 0 aliphatic heterocycles. The van der Waals surface area contributed by atoms with Gasteiger partial charge in [0.05, 0.1) is 6.42 Å². The van der Waals surface area contributed by atoms with Crippen LogP contribution in [0.25, 0.3) is 0 Å². The molecule has 0 atom stereocenters. The number of halogens is 1. The number of alkyl halides is 1. The molecule has 72 valence electrons. The summed E-state index contributed by atoms with van der Waals surface area (Å²) in [7, 11) is 0. The number of carbonyl (C=O) groups excluding carboxylic acids is 1. The van der Waals surface area contributed by atoms with E-state index in [0.29, 0.717) is 0 Å². The number of hydrogen-bond acceptors (Lipinski definition) is 1. The first-order valence-electron chi connectivity index (χ1n) is 4.15. The maximum absolute atomic E-state index is 10.5. The highest BCUT2D eigenvalue weighted by Gasteiger charge is 1.95. The van der Waals surface area contributed by atoms with Crippen LogP contribution in [0.1, 0.15) is 17.5 Å². The topological polar surface area (TPSA) is 43.1 Å². The van der Waals surface area contributed by atoms with E-state index in [9.17, 15) is 4.79 Å². The lowest BCUT2D eigenvalue weighted by Gasteiger charge is -1.97. The van der Waals surface area contributed by atoms with Gasteiger partial charge < -0.3 is 5.73 Å². The SMILES string of the molecule is NC(=O)CC#Cc1ccccc1CBr. The predicted molar refractivity (Wildman–Crippen MR) is 59.8 cm³/mol. The molecule has 3 heteroatoms.